The van der Waals surface area contributed by atoms with Crippen LogP contribution >= 0.6 is 11.3 Å². The molecule has 1 aromatic heterocycles. The standard InChI is InChI=1S/C33H51N5O5S/c1-19(2)13-27(28(39)14-22(7)30(40)37-29(21(5)6)32(42)34-16-20(3)4)36-31(41)24-11-10-12-25(15-24)33(43)38(9)17-26-18-44-23(8)35-26/h10-12,15,18-22,27-29,39H,13-14,16-17H2,1-9H3,(H,34,42)(H,36,41)(H,37,40). The molecule has 0 saturated carbocycles. The van der Waals surface area contributed by atoms with Crippen molar-refractivity contribution in [3.05, 3.63) is 51.5 Å². The highest BCUT2D eigenvalue weighted by molar-refractivity contribution is 7.09. The van der Waals surface area contributed by atoms with Crippen molar-refractivity contribution in [3.63, 3.8) is 0 Å². The number of benzene rings is 1. The van der Waals surface area contributed by atoms with Gasteiger partial charge < -0.3 is 26.0 Å². The summed E-state index contributed by atoms with van der Waals surface area (Å²) in [5.74, 6) is -1.49. The summed E-state index contributed by atoms with van der Waals surface area (Å²) in [5, 5.41) is 22.7. The van der Waals surface area contributed by atoms with Gasteiger partial charge in [-0.05, 0) is 55.7 Å². The van der Waals surface area contributed by atoms with Crippen LogP contribution in [0.5, 0.6) is 0 Å². The summed E-state index contributed by atoms with van der Waals surface area (Å²) in [6.45, 7) is 16.2. The van der Waals surface area contributed by atoms with Gasteiger partial charge >= 0.3 is 0 Å². The summed E-state index contributed by atoms with van der Waals surface area (Å²) in [4.78, 5) is 58.1. The number of nitrogens with zero attached hydrogens (tertiary/aromatic N) is 2. The van der Waals surface area contributed by atoms with Crippen LogP contribution in [-0.4, -0.2) is 70.4 Å². The van der Waals surface area contributed by atoms with E-state index < -0.39 is 30.0 Å². The molecule has 2 rings (SSSR count). The molecular weight excluding hydrogens is 578 g/mol. The van der Waals surface area contributed by atoms with Crippen LogP contribution in [0.2, 0.25) is 0 Å². The summed E-state index contributed by atoms with van der Waals surface area (Å²) in [6, 6.07) is 5.18. The topological polar surface area (TPSA) is 141 Å². The maximum Gasteiger partial charge on any atom is 0.253 e. The number of amides is 4. The number of nitrogens with one attached hydrogen (secondary N) is 3. The van der Waals surface area contributed by atoms with Gasteiger partial charge in [0.05, 0.1) is 29.4 Å². The Morgan fingerprint density at radius 3 is 2.16 bits per heavy atom. The number of hydrogen-bond donors (Lipinski definition) is 4. The van der Waals surface area contributed by atoms with E-state index in [0.717, 1.165) is 10.7 Å². The third-order valence-electron chi connectivity index (χ3n) is 7.26. The number of thiazole rings is 1. The number of hydrogen-bond acceptors (Lipinski definition) is 7. The molecule has 4 atom stereocenters. The normalized spacial score (nSPS) is 14.2. The number of aliphatic hydroxyl groups is 1. The summed E-state index contributed by atoms with van der Waals surface area (Å²) in [7, 11) is 1.69. The highest BCUT2D eigenvalue weighted by atomic mass is 32.1. The van der Waals surface area contributed by atoms with Crippen molar-refractivity contribution in [2.45, 2.75) is 93.0 Å². The largest absolute Gasteiger partial charge is 0.391 e. The number of carbonyl (C=O) groups excluding carboxylic acids is 4. The molecule has 0 spiro atoms. The Balaban J connectivity index is 2.08. The SMILES string of the molecule is Cc1nc(CN(C)C(=O)c2cccc(C(=O)NC(CC(C)C)C(O)CC(C)C(=O)NC(C(=O)NCC(C)C)C(C)C)c2)cs1. The molecule has 1 heterocycles. The van der Waals surface area contributed by atoms with E-state index in [-0.39, 0.29) is 41.9 Å². The summed E-state index contributed by atoms with van der Waals surface area (Å²) in [6.07, 6.45) is -0.421. The lowest BCUT2D eigenvalue weighted by Gasteiger charge is -2.29. The smallest absolute Gasteiger partial charge is 0.253 e. The molecular formula is C33H51N5O5S. The summed E-state index contributed by atoms with van der Waals surface area (Å²) >= 11 is 1.52. The predicted octanol–water partition coefficient (Wildman–Crippen LogP) is 4.17. The van der Waals surface area contributed by atoms with Crippen molar-refractivity contribution in [3.8, 4) is 0 Å². The molecule has 0 aliphatic carbocycles. The minimum absolute atomic E-state index is 0.0986. The molecule has 0 saturated heterocycles. The van der Waals surface area contributed by atoms with Crippen molar-refractivity contribution in [2.24, 2.45) is 23.7 Å². The van der Waals surface area contributed by atoms with Crippen molar-refractivity contribution in [2.75, 3.05) is 13.6 Å². The van der Waals surface area contributed by atoms with Gasteiger partial charge in [-0.25, -0.2) is 4.98 Å². The Kier molecular flexibility index (Phi) is 14.5. The summed E-state index contributed by atoms with van der Waals surface area (Å²) < 4.78 is 0. The molecule has 4 N–H and O–H groups in total. The Morgan fingerprint density at radius 2 is 1.59 bits per heavy atom. The van der Waals surface area contributed by atoms with Gasteiger partial charge in [0.15, 0.2) is 0 Å². The second-order valence-electron chi connectivity index (χ2n) is 12.9. The molecule has 0 aliphatic rings. The van der Waals surface area contributed by atoms with Crippen LogP contribution in [0.25, 0.3) is 0 Å². The van der Waals surface area contributed by atoms with E-state index in [9.17, 15) is 24.3 Å². The second-order valence-corrected chi connectivity index (χ2v) is 13.9. The van der Waals surface area contributed by atoms with Crippen LogP contribution < -0.4 is 16.0 Å². The predicted molar refractivity (Wildman–Crippen MR) is 174 cm³/mol. The lowest BCUT2D eigenvalue weighted by molar-refractivity contribution is -0.132. The molecule has 4 unspecified atom stereocenters. The molecule has 244 valence electrons. The van der Waals surface area contributed by atoms with Crippen LogP contribution in [-0.2, 0) is 16.1 Å². The molecule has 0 bridgehead atoms. The van der Waals surface area contributed by atoms with Gasteiger partial charge in [-0.15, -0.1) is 11.3 Å². The first-order chi connectivity index (χ1) is 20.6. The Bertz CT molecular complexity index is 1260. The van der Waals surface area contributed by atoms with Crippen LogP contribution in [0.4, 0.5) is 0 Å². The Hall–Kier alpha value is -3.31. The molecule has 11 heteroatoms. The van der Waals surface area contributed by atoms with E-state index >= 15 is 0 Å². The fourth-order valence-corrected chi connectivity index (χ4v) is 5.36. The van der Waals surface area contributed by atoms with Gasteiger partial charge in [-0.1, -0.05) is 54.5 Å². The average Bonchev–Trinajstić information content (AvgIpc) is 3.37. The first-order valence-corrected chi connectivity index (χ1v) is 16.3. The molecule has 1 aromatic carbocycles. The van der Waals surface area contributed by atoms with Gasteiger partial charge in [0.2, 0.25) is 11.8 Å². The van der Waals surface area contributed by atoms with E-state index in [0.29, 0.717) is 30.6 Å². The number of carbonyl (C=O) groups is 4. The van der Waals surface area contributed by atoms with Crippen molar-refractivity contribution < 1.29 is 24.3 Å². The van der Waals surface area contributed by atoms with Crippen molar-refractivity contribution in [1.29, 1.82) is 0 Å². The van der Waals surface area contributed by atoms with Gasteiger partial charge in [-0.3, -0.25) is 19.2 Å². The zero-order chi connectivity index (χ0) is 33.1. The van der Waals surface area contributed by atoms with Crippen molar-refractivity contribution >= 4 is 35.0 Å². The molecule has 4 amide bonds. The first-order valence-electron chi connectivity index (χ1n) is 15.4. The number of aromatic nitrogens is 1. The minimum Gasteiger partial charge on any atom is -0.391 e. The number of aryl methyl sites for hydroxylation is 1. The van der Waals surface area contributed by atoms with E-state index in [1.807, 2.05) is 53.8 Å². The molecule has 0 fully saturated rings. The molecule has 10 nitrogen and oxygen atoms in total. The summed E-state index contributed by atoms with van der Waals surface area (Å²) in [5.41, 5.74) is 1.47. The average molecular weight is 630 g/mol. The van der Waals surface area contributed by atoms with Crippen LogP contribution in [0.3, 0.4) is 0 Å². The molecule has 0 radical (unpaired) electrons. The quantitative estimate of drug-likeness (QED) is 0.220. The fraction of sp³-hybridized carbons (Fsp3) is 0.606. The lowest BCUT2D eigenvalue weighted by Crippen LogP contribution is -2.52. The number of rotatable bonds is 16. The van der Waals surface area contributed by atoms with E-state index in [2.05, 4.69) is 20.9 Å². The number of aliphatic hydroxyl groups excluding tert-OH is 1. The fourth-order valence-electron chi connectivity index (χ4n) is 4.76. The van der Waals surface area contributed by atoms with E-state index in [4.69, 9.17) is 0 Å². The minimum atomic E-state index is -1.01. The van der Waals surface area contributed by atoms with Gasteiger partial charge in [-0.2, -0.15) is 0 Å². The molecule has 44 heavy (non-hydrogen) atoms. The maximum atomic E-state index is 13.3. The highest BCUT2D eigenvalue weighted by Gasteiger charge is 2.30. The first kappa shape index (κ1) is 36.9. The van der Waals surface area contributed by atoms with Crippen molar-refractivity contribution in [1.82, 2.24) is 25.8 Å². The Morgan fingerprint density at radius 1 is 0.932 bits per heavy atom. The zero-order valence-corrected chi connectivity index (χ0v) is 28.5. The highest BCUT2D eigenvalue weighted by Crippen LogP contribution is 2.18. The third kappa shape index (κ3) is 11.6. The van der Waals surface area contributed by atoms with Gasteiger partial charge in [0.1, 0.15) is 6.04 Å². The molecule has 2 aromatic rings. The second kappa shape index (κ2) is 17.2. The van der Waals surface area contributed by atoms with Crippen LogP contribution in [0, 0.1) is 30.6 Å². The zero-order valence-electron chi connectivity index (χ0n) is 27.6. The monoisotopic (exact) mass is 629 g/mol. The molecule has 0 aliphatic heterocycles. The van der Waals surface area contributed by atoms with Gasteiger partial charge in [0.25, 0.3) is 11.8 Å². The lowest BCUT2D eigenvalue weighted by atomic mass is 9.91. The maximum absolute atomic E-state index is 13.3. The Labute approximate surface area is 266 Å². The van der Waals surface area contributed by atoms with Crippen LogP contribution in [0.15, 0.2) is 29.6 Å². The third-order valence-corrected chi connectivity index (χ3v) is 8.09. The van der Waals surface area contributed by atoms with Gasteiger partial charge in [0, 0.05) is 36.0 Å². The van der Waals surface area contributed by atoms with E-state index in [1.54, 1.807) is 43.1 Å². The van der Waals surface area contributed by atoms with Crippen LogP contribution in [0.1, 0.15) is 92.7 Å². The van der Waals surface area contributed by atoms with E-state index in [1.165, 1.54) is 11.3 Å².